The summed E-state index contributed by atoms with van der Waals surface area (Å²) >= 11 is 0. The number of aromatic nitrogens is 3. The number of hydrogen-bond donors (Lipinski definition) is 1. The van der Waals surface area contributed by atoms with Crippen molar-refractivity contribution in [3.63, 3.8) is 0 Å². The fourth-order valence-electron chi connectivity index (χ4n) is 3.18. The van der Waals surface area contributed by atoms with Crippen LogP contribution in [0.4, 0.5) is 0 Å². The van der Waals surface area contributed by atoms with E-state index in [0.29, 0.717) is 24.3 Å². The summed E-state index contributed by atoms with van der Waals surface area (Å²) in [7, 11) is 0. The normalized spacial score (nSPS) is 17.2. The molecule has 122 valence electrons. The Balaban J connectivity index is 1.35. The van der Waals surface area contributed by atoms with E-state index in [1.54, 1.807) is 0 Å². The number of nitrogens with one attached hydrogen (secondary N) is 1. The minimum Gasteiger partial charge on any atom is -0.338 e. The van der Waals surface area contributed by atoms with Crippen molar-refractivity contribution in [3.8, 4) is 11.4 Å². The van der Waals surface area contributed by atoms with Crippen molar-refractivity contribution < 1.29 is 4.52 Å². The van der Waals surface area contributed by atoms with E-state index in [0.717, 1.165) is 31.2 Å². The lowest BCUT2D eigenvalue weighted by Crippen LogP contribution is -2.28. The van der Waals surface area contributed by atoms with E-state index < -0.39 is 0 Å². The van der Waals surface area contributed by atoms with Gasteiger partial charge in [0, 0.05) is 23.5 Å². The second kappa shape index (κ2) is 6.93. The fourth-order valence-corrected chi connectivity index (χ4v) is 3.18. The highest BCUT2D eigenvalue weighted by Gasteiger charge is 2.17. The summed E-state index contributed by atoms with van der Waals surface area (Å²) in [5.41, 5.74) is 3.60. The average Bonchev–Trinajstić information content (AvgIpc) is 3.02. The number of rotatable bonds is 4. The molecule has 5 heteroatoms. The van der Waals surface area contributed by atoms with E-state index in [1.165, 1.54) is 11.3 Å². The van der Waals surface area contributed by atoms with Gasteiger partial charge in [0.25, 0.3) is 0 Å². The van der Waals surface area contributed by atoms with Crippen molar-refractivity contribution in [2.45, 2.75) is 38.3 Å². The summed E-state index contributed by atoms with van der Waals surface area (Å²) in [4.78, 5) is 8.98. The number of hydrogen-bond acceptors (Lipinski definition) is 5. The molecule has 2 heterocycles. The summed E-state index contributed by atoms with van der Waals surface area (Å²) in [5, 5.41) is 7.62. The molecule has 0 saturated heterocycles. The van der Waals surface area contributed by atoms with Crippen LogP contribution in [0.1, 0.15) is 30.0 Å². The Kier molecular flexibility index (Phi) is 4.34. The van der Waals surface area contributed by atoms with E-state index in [2.05, 4.69) is 26.5 Å². The topological polar surface area (TPSA) is 63.8 Å². The summed E-state index contributed by atoms with van der Waals surface area (Å²) < 4.78 is 5.37. The number of benzene rings is 1. The van der Waals surface area contributed by atoms with Gasteiger partial charge in [-0.05, 0) is 37.3 Å². The molecule has 3 aromatic rings. The van der Waals surface area contributed by atoms with Gasteiger partial charge in [0.1, 0.15) is 0 Å². The van der Waals surface area contributed by atoms with Crippen LogP contribution in [0.3, 0.4) is 0 Å². The molecule has 1 aliphatic carbocycles. The van der Waals surface area contributed by atoms with Crippen molar-refractivity contribution in [3.05, 3.63) is 65.8 Å². The van der Waals surface area contributed by atoms with E-state index in [4.69, 9.17) is 4.52 Å². The third kappa shape index (κ3) is 3.36. The molecular formula is C19H20N4O. The molecule has 2 aromatic heterocycles. The summed E-state index contributed by atoms with van der Waals surface area (Å²) in [6.07, 6.45) is 6.17. The van der Waals surface area contributed by atoms with Gasteiger partial charge < -0.3 is 9.84 Å². The van der Waals surface area contributed by atoms with Gasteiger partial charge in [-0.1, -0.05) is 41.6 Å². The predicted molar refractivity (Wildman–Crippen MR) is 91.2 cm³/mol. The first-order valence-corrected chi connectivity index (χ1v) is 8.42. The first-order valence-electron chi connectivity index (χ1n) is 8.42. The Bertz CT molecular complexity index is 773. The Morgan fingerprint density at radius 3 is 2.83 bits per heavy atom. The number of aryl methyl sites for hydroxylation is 2. The average molecular weight is 320 g/mol. The molecule has 1 aromatic carbocycles. The van der Waals surface area contributed by atoms with Crippen molar-refractivity contribution in [2.24, 2.45) is 0 Å². The Morgan fingerprint density at radius 2 is 1.92 bits per heavy atom. The Labute approximate surface area is 141 Å². The van der Waals surface area contributed by atoms with Gasteiger partial charge in [0.05, 0.1) is 6.54 Å². The molecule has 4 rings (SSSR count). The first kappa shape index (κ1) is 15.0. The lowest BCUT2D eigenvalue weighted by atomic mass is 10.1. The van der Waals surface area contributed by atoms with Crippen molar-refractivity contribution in [1.29, 1.82) is 0 Å². The number of fused-ring (bicyclic) bond motifs is 1. The highest BCUT2D eigenvalue weighted by Crippen LogP contribution is 2.19. The second-order valence-corrected chi connectivity index (χ2v) is 6.14. The third-order valence-electron chi connectivity index (χ3n) is 4.52. The van der Waals surface area contributed by atoms with Crippen LogP contribution in [0.25, 0.3) is 11.4 Å². The fraction of sp³-hybridized carbons (Fsp3) is 0.316. The second-order valence-electron chi connectivity index (χ2n) is 6.14. The maximum absolute atomic E-state index is 5.37. The smallest absolute Gasteiger partial charge is 0.240 e. The summed E-state index contributed by atoms with van der Waals surface area (Å²) in [5.74, 6) is 1.28. The predicted octanol–water partition coefficient (Wildman–Crippen LogP) is 3.17. The van der Waals surface area contributed by atoms with Crippen LogP contribution < -0.4 is 5.32 Å². The molecule has 0 saturated carbocycles. The lowest BCUT2D eigenvalue weighted by molar-refractivity contribution is 0.350. The maximum atomic E-state index is 5.37. The molecular weight excluding hydrogens is 300 g/mol. The number of nitrogens with zero attached hydrogens (tertiary/aromatic N) is 3. The monoisotopic (exact) mass is 320 g/mol. The van der Waals surface area contributed by atoms with Crippen LogP contribution in [0, 0.1) is 0 Å². The van der Waals surface area contributed by atoms with Crippen LogP contribution in [0.15, 0.2) is 53.2 Å². The third-order valence-corrected chi connectivity index (χ3v) is 4.52. The van der Waals surface area contributed by atoms with Gasteiger partial charge in [0.15, 0.2) is 0 Å². The molecule has 0 radical (unpaired) electrons. The minimum absolute atomic E-state index is 0.450. The summed E-state index contributed by atoms with van der Waals surface area (Å²) in [6.45, 7) is 0.605. The highest BCUT2D eigenvalue weighted by molar-refractivity contribution is 5.53. The number of pyridine rings is 1. The molecule has 1 atom stereocenters. The Morgan fingerprint density at radius 1 is 1.04 bits per heavy atom. The molecule has 1 aliphatic rings. The van der Waals surface area contributed by atoms with Gasteiger partial charge in [-0.15, -0.1) is 0 Å². The largest absolute Gasteiger partial charge is 0.338 e. The quantitative estimate of drug-likeness (QED) is 0.748. The molecule has 1 N–H and O–H groups in total. The van der Waals surface area contributed by atoms with Crippen molar-refractivity contribution >= 4 is 0 Å². The van der Waals surface area contributed by atoms with Gasteiger partial charge in [0.2, 0.25) is 11.7 Å². The molecule has 0 fully saturated rings. The molecule has 24 heavy (non-hydrogen) atoms. The van der Waals surface area contributed by atoms with E-state index in [-0.39, 0.29) is 0 Å². The minimum atomic E-state index is 0.450. The Hall–Kier alpha value is -2.53. The zero-order chi connectivity index (χ0) is 16.2. The molecule has 0 bridgehead atoms. The lowest BCUT2D eigenvalue weighted by Gasteiger charge is -2.14. The van der Waals surface area contributed by atoms with E-state index >= 15 is 0 Å². The van der Waals surface area contributed by atoms with Crippen LogP contribution >= 0.6 is 0 Å². The highest BCUT2D eigenvalue weighted by atomic mass is 16.5. The molecule has 0 aliphatic heterocycles. The zero-order valence-corrected chi connectivity index (χ0v) is 13.5. The maximum Gasteiger partial charge on any atom is 0.240 e. The molecule has 0 unspecified atom stereocenters. The zero-order valence-electron chi connectivity index (χ0n) is 13.5. The van der Waals surface area contributed by atoms with Crippen LogP contribution in [0.2, 0.25) is 0 Å². The molecule has 0 amide bonds. The first-order chi connectivity index (χ1) is 11.9. The SMILES string of the molecule is c1ccc(-c2noc(CN[C@H]3CCc4cccnc4CC3)n2)cc1. The van der Waals surface area contributed by atoms with Gasteiger partial charge in [-0.3, -0.25) is 4.98 Å². The molecule has 0 spiro atoms. The van der Waals surface area contributed by atoms with Gasteiger partial charge in [-0.25, -0.2) is 0 Å². The van der Waals surface area contributed by atoms with Gasteiger partial charge >= 0.3 is 0 Å². The standard InChI is InChI=1S/C19H20N4O/c1-2-5-15(6-3-1)19-22-18(24-23-19)13-21-16-9-8-14-7-4-12-20-17(14)11-10-16/h1-7,12,16,21H,8-11,13H2/t16-/m0/s1. The summed E-state index contributed by atoms with van der Waals surface area (Å²) in [6, 6.07) is 14.6. The van der Waals surface area contributed by atoms with Crippen molar-refractivity contribution in [2.75, 3.05) is 0 Å². The van der Waals surface area contributed by atoms with Crippen molar-refractivity contribution in [1.82, 2.24) is 20.4 Å². The van der Waals surface area contributed by atoms with E-state index in [9.17, 15) is 0 Å². The molecule has 5 nitrogen and oxygen atoms in total. The van der Waals surface area contributed by atoms with E-state index in [1.807, 2.05) is 42.6 Å². The van der Waals surface area contributed by atoms with Crippen LogP contribution in [0.5, 0.6) is 0 Å². The van der Waals surface area contributed by atoms with Crippen LogP contribution in [-0.2, 0) is 19.4 Å². The van der Waals surface area contributed by atoms with Gasteiger partial charge in [-0.2, -0.15) is 4.98 Å². The van der Waals surface area contributed by atoms with Crippen LogP contribution in [-0.4, -0.2) is 21.2 Å².